The second kappa shape index (κ2) is 11.4. The van der Waals surface area contributed by atoms with Crippen molar-refractivity contribution in [3.05, 3.63) is 173 Å². The van der Waals surface area contributed by atoms with Crippen LogP contribution in [0.1, 0.15) is 43.9 Å². The lowest BCUT2D eigenvalue weighted by Gasteiger charge is -2.31. The highest BCUT2D eigenvalue weighted by atomic mass is 16.6. The van der Waals surface area contributed by atoms with Gasteiger partial charge in [-0.1, -0.05) is 109 Å². The van der Waals surface area contributed by atoms with Gasteiger partial charge in [0.1, 0.15) is 0 Å². The predicted molar refractivity (Wildman–Crippen MR) is 171 cm³/mol. The number of rotatable bonds is 5. The van der Waals surface area contributed by atoms with Gasteiger partial charge in [-0.2, -0.15) is 0 Å². The quantitative estimate of drug-likeness (QED) is 0.220. The van der Waals surface area contributed by atoms with E-state index < -0.39 is 5.60 Å². The van der Waals surface area contributed by atoms with E-state index in [0.29, 0.717) is 5.56 Å². The van der Waals surface area contributed by atoms with Gasteiger partial charge in [0.25, 0.3) is 0 Å². The third kappa shape index (κ3) is 4.97. The first-order valence-corrected chi connectivity index (χ1v) is 14.2. The molecule has 0 aliphatic carbocycles. The smallest absolute Gasteiger partial charge is 0.340 e. The molecule has 1 unspecified atom stereocenters. The van der Waals surface area contributed by atoms with Crippen LogP contribution < -0.4 is 4.90 Å². The first kappa shape index (κ1) is 27.1. The summed E-state index contributed by atoms with van der Waals surface area (Å²) in [5, 5.41) is 1.06. The fourth-order valence-electron chi connectivity index (χ4n) is 5.91. The Kier molecular flexibility index (Phi) is 7.37. The van der Waals surface area contributed by atoms with Crippen molar-refractivity contribution in [1.29, 1.82) is 0 Å². The van der Waals surface area contributed by atoms with E-state index in [1.165, 1.54) is 11.1 Å². The van der Waals surface area contributed by atoms with Crippen molar-refractivity contribution in [2.45, 2.75) is 18.9 Å². The number of aromatic amines is 1. The summed E-state index contributed by atoms with van der Waals surface area (Å²) in [7, 11) is 4.03. The summed E-state index contributed by atoms with van der Waals surface area (Å²) >= 11 is 0. The van der Waals surface area contributed by atoms with Gasteiger partial charge in [0.2, 0.25) is 0 Å². The minimum Gasteiger partial charge on any atom is -0.440 e. The minimum absolute atomic E-state index is 0.290. The van der Waals surface area contributed by atoms with Crippen LogP contribution in [0.25, 0.3) is 10.9 Å². The number of benzene rings is 5. The summed E-state index contributed by atoms with van der Waals surface area (Å²) in [6, 6.07) is 45.2. The van der Waals surface area contributed by atoms with Crippen molar-refractivity contribution < 1.29 is 9.53 Å². The number of carbonyl (C=O) groups excluding carboxylic acids is 1. The molecule has 0 fully saturated rings. The lowest BCUT2D eigenvalue weighted by Crippen LogP contribution is -2.30. The third-order valence-corrected chi connectivity index (χ3v) is 7.90. The molecule has 1 aliphatic rings. The van der Waals surface area contributed by atoms with Gasteiger partial charge in [-0.3, -0.25) is 0 Å². The average molecular weight is 551 g/mol. The predicted octanol–water partition coefficient (Wildman–Crippen LogP) is 8.28. The Bertz CT molecular complexity index is 1790. The number of aryl methyl sites for hydroxylation is 1. The zero-order chi connectivity index (χ0) is 29.1. The molecule has 0 bridgehead atoms. The number of H-pyrrole nitrogens is 1. The topological polar surface area (TPSA) is 45.3 Å². The number of anilines is 1. The molecule has 0 radical (unpaired) electrons. The van der Waals surface area contributed by atoms with Crippen LogP contribution in [0.3, 0.4) is 0 Å². The van der Waals surface area contributed by atoms with Crippen molar-refractivity contribution in [2.24, 2.45) is 0 Å². The number of hydrogen-bond acceptors (Lipinski definition) is 3. The average Bonchev–Trinajstić information content (AvgIpc) is 3.52. The van der Waals surface area contributed by atoms with Gasteiger partial charge in [0, 0.05) is 53.1 Å². The fourth-order valence-corrected chi connectivity index (χ4v) is 5.91. The van der Waals surface area contributed by atoms with E-state index in [0.717, 1.165) is 45.4 Å². The van der Waals surface area contributed by atoms with E-state index in [1.807, 2.05) is 57.4 Å². The van der Waals surface area contributed by atoms with E-state index in [9.17, 15) is 4.79 Å². The van der Waals surface area contributed by atoms with Crippen LogP contribution >= 0.6 is 0 Å². The molecular weight excluding hydrogens is 516 g/mol. The molecule has 1 atom stereocenters. The molecular formula is C38H34N2O2. The van der Waals surface area contributed by atoms with E-state index in [1.54, 1.807) is 0 Å². The van der Waals surface area contributed by atoms with E-state index >= 15 is 0 Å². The Morgan fingerprint density at radius 3 is 1.90 bits per heavy atom. The molecule has 6 aromatic rings. The molecule has 2 heterocycles. The summed E-state index contributed by atoms with van der Waals surface area (Å²) in [5.41, 5.74) is 8.31. The summed E-state index contributed by atoms with van der Waals surface area (Å²) in [6.07, 6.45) is 1.03. The van der Waals surface area contributed by atoms with Crippen LogP contribution in [0.4, 0.5) is 5.69 Å². The second-order valence-electron chi connectivity index (χ2n) is 10.9. The molecule has 42 heavy (non-hydrogen) atoms. The molecule has 1 aromatic heterocycles. The molecule has 1 aliphatic heterocycles. The number of esters is 1. The first-order valence-electron chi connectivity index (χ1n) is 14.2. The van der Waals surface area contributed by atoms with Crippen LogP contribution in [0, 0.1) is 6.92 Å². The Morgan fingerprint density at radius 2 is 1.26 bits per heavy atom. The Labute approximate surface area is 247 Å². The summed E-state index contributed by atoms with van der Waals surface area (Å²) in [4.78, 5) is 18.5. The van der Waals surface area contributed by atoms with Crippen molar-refractivity contribution >= 4 is 22.6 Å². The number of hydrogen-bond donors (Lipinski definition) is 1. The largest absolute Gasteiger partial charge is 0.440 e. The Balaban J connectivity index is 0.000000203. The van der Waals surface area contributed by atoms with Gasteiger partial charge in [0.15, 0.2) is 5.60 Å². The maximum atomic E-state index is 12.9. The number of cyclic esters (lactones) is 1. The summed E-state index contributed by atoms with van der Waals surface area (Å²) in [6.45, 7) is 2.04. The second-order valence-corrected chi connectivity index (χ2v) is 10.9. The molecule has 1 N–H and O–H groups in total. The van der Waals surface area contributed by atoms with Gasteiger partial charge in [-0.05, 0) is 48.7 Å². The third-order valence-electron chi connectivity index (χ3n) is 7.90. The normalized spacial score (nSPS) is 15.5. The maximum absolute atomic E-state index is 12.9. The highest BCUT2D eigenvalue weighted by molar-refractivity contribution is 5.98. The number of nitrogens with zero attached hydrogens (tertiary/aromatic N) is 1. The van der Waals surface area contributed by atoms with Gasteiger partial charge in [-0.25, -0.2) is 4.79 Å². The van der Waals surface area contributed by atoms with Crippen molar-refractivity contribution in [3.63, 3.8) is 0 Å². The molecule has 0 saturated heterocycles. The summed E-state index contributed by atoms with van der Waals surface area (Å²) in [5.74, 6) is -0.290. The lowest BCUT2D eigenvalue weighted by atomic mass is 9.78. The number of aromatic nitrogens is 1. The zero-order valence-corrected chi connectivity index (χ0v) is 24.2. The first-order chi connectivity index (χ1) is 20.5. The molecule has 7 rings (SSSR count). The Hall–Kier alpha value is -5.09. The van der Waals surface area contributed by atoms with Gasteiger partial charge < -0.3 is 14.6 Å². The van der Waals surface area contributed by atoms with Crippen LogP contribution in [0.5, 0.6) is 0 Å². The van der Waals surface area contributed by atoms with E-state index in [2.05, 4.69) is 107 Å². The number of para-hydroxylation sites is 1. The molecule has 4 heteroatoms. The molecule has 0 amide bonds. The van der Waals surface area contributed by atoms with Crippen LogP contribution in [-0.2, 0) is 16.8 Å². The number of fused-ring (bicyclic) bond motifs is 2. The highest BCUT2D eigenvalue weighted by Crippen LogP contribution is 2.50. The zero-order valence-electron chi connectivity index (χ0n) is 24.2. The van der Waals surface area contributed by atoms with Crippen LogP contribution in [-0.4, -0.2) is 25.0 Å². The van der Waals surface area contributed by atoms with Crippen molar-refractivity contribution in [3.8, 4) is 0 Å². The molecule has 4 nitrogen and oxygen atoms in total. The van der Waals surface area contributed by atoms with Gasteiger partial charge in [0.05, 0.1) is 5.56 Å². The maximum Gasteiger partial charge on any atom is 0.340 e. The number of ether oxygens (including phenoxy) is 1. The monoisotopic (exact) mass is 550 g/mol. The summed E-state index contributed by atoms with van der Waals surface area (Å²) < 4.78 is 6.27. The fraction of sp³-hybridized carbons (Fsp3) is 0.132. The SMILES string of the molecule is Cc1[nH]c2ccccc2c1C1(c2ccc(N(C)C)cc2)OC(=O)c2ccccc21.c1ccc(Cc2ccccc2)cc1. The van der Waals surface area contributed by atoms with Crippen molar-refractivity contribution in [1.82, 2.24) is 4.98 Å². The van der Waals surface area contributed by atoms with Crippen molar-refractivity contribution in [2.75, 3.05) is 19.0 Å². The Morgan fingerprint density at radius 1 is 0.690 bits per heavy atom. The van der Waals surface area contributed by atoms with Gasteiger partial charge >= 0.3 is 5.97 Å². The standard InChI is InChI=1S/C25H22N2O2.C13H12/c1-16-23(20-9-5-7-11-22(20)26-16)25(17-12-14-18(15-13-17)27(2)3)21-10-6-4-8-19(21)24(28)29-25;1-3-7-12(8-4-1)11-13-9-5-2-6-10-13/h4-15,26H,1-3H3;1-10H,11H2. The number of carbonyl (C=O) groups is 1. The molecule has 5 aromatic carbocycles. The van der Waals surface area contributed by atoms with Crippen LogP contribution in [0.2, 0.25) is 0 Å². The van der Waals surface area contributed by atoms with Crippen LogP contribution in [0.15, 0.2) is 133 Å². The minimum atomic E-state index is -0.984. The van der Waals surface area contributed by atoms with E-state index in [4.69, 9.17) is 4.74 Å². The highest BCUT2D eigenvalue weighted by Gasteiger charge is 2.50. The van der Waals surface area contributed by atoms with Gasteiger partial charge in [-0.15, -0.1) is 0 Å². The molecule has 0 saturated carbocycles. The lowest BCUT2D eigenvalue weighted by molar-refractivity contribution is 0.0254. The van der Waals surface area contributed by atoms with E-state index in [-0.39, 0.29) is 5.97 Å². The number of nitrogens with one attached hydrogen (secondary N) is 1. The molecule has 0 spiro atoms. The molecule has 208 valence electrons.